The first kappa shape index (κ1) is 11.8. The van der Waals surface area contributed by atoms with E-state index in [4.69, 9.17) is 9.15 Å². The SMILES string of the molecule is CNc1occ2ccc(OCCN(C)C)cc12. The molecule has 1 aromatic heterocycles. The minimum absolute atomic E-state index is 0.686. The standard InChI is InChI=1S/C13H18N2O2/c1-14-13-12-8-11(16-7-6-15(2)3)5-4-10(12)9-17-13/h4-5,8-9,14H,6-7H2,1-3H3. The third kappa shape index (κ3) is 2.71. The number of nitrogens with zero attached hydrogens (tertiary/aromatic N) is 1. The van der Waals surface area contributed by atoms with Gasteiger partial charge in [0.05, 0.1) is 0 Å². The second-order valence-electron chi connectivity index (χ2n) is 4.22. The van der Waals surface area contributed by atoms with Crippen molar-refractivity contribution in [2.75, 3.05) is 39.6 Å². The summed E-state index contributed by atoms with van der Waals surface area (Å²) in [7, 11) is 5.90. The molecule has 4 nitrogen and oxygen atoms in total. The number of benzene rings is 1. The lowest BCUT2D eigenvalue weighted by atomic mass is 10.2. The molecule has 0 fully saturated rings. The molecular formula is C13H18N2O2. The molecule has 0 radical (unpaired) electrons. The van der Waals surface area contributed by atoms with Crippen molar-refractivity contribution in [2.45, 2.75) is 0 Å². The Balaban J connectivity index is 2.13. The van der Waals surface area contributed by atoms with E-state index in [1.165, 1.54) is 0 Å². The maximum Gasteiger partial charge on any atom is 0.200 e. The fourth-order valence-corrected chi connectivity index (χ4v) is 1.65. The number of rotatable bonds is 5. The van der Waals surface area contributed by atoms with Gasteiger partial charge in [0.1, 0.15) is 18.6 Å². The first-order chi connectivity index (χ1) is 8.20. The van der Waals surface area contributed by atoms with Crippen LogP contribution in [0, 0.1) is 0 Å². The van der Waals surface area contributed by atoms with Gasteiger partial charge in [0.2, 0.25) is 0 Å². The Bertz CT molecular complexity index is 491. The van der Waals surface area contributed by atoms with Gasteiger partial charge in [-0.3, -0.25) is 0 Å². The van der Waals surface area contributed by atoms with E-state index in [0.717, 1.165) is 29.0 Å². The van der Waals surface area contributed by atoms with Crippen LogP contribution in [0.25, 0.3) is 10.8 Å². The summed E-state index contributed by atoms with van der Waals surface area (Å²) in [5, 5.41) is 5.15. The average Bonchev–Trinajstić information content (AvgIpc) is 2.70. The minimum Gasteiger partial charge on any atom is -0.492 e. The highest BCUT2D eigenvalue weighted by Crippen LogP contribution is 2.28. The molecule has 0 aliphatic rings. The molecule has 0 atom stereocenters. The van der Waals surface area contributed by atoms with E-state index >= 15 is 0 Å². The van der Waals surface area contributed by atoms with E-state index in [1.807, 2.05) is 39.3 Å². The molecule has 0 saturated heterocycles. The van der Waals surface area contributed by atoms with E-state index < -0.39 is 0 Å². The summed E-state index contributed by atoms with van der Waals surface area (Å²) in [5.74, 6) is 1.65. The van der Waals surface area contributed by atoms with Gasteiger partial charge in [0.25, 0.3) is 0 Å². The molecule has 2 rings (SSSR count). The highest BCUT2D eigenvalue weighted by molar-refractivity contribution is 5.92. The van der Waals surface area contributed by atoms with Crippen LogP contribution >= 0.6 is 0 Å². The van der Waals surface area contributed by atoms with Gasteiger partial charge in [0.15, 0.2) is 5.88 Å². The number of furan rings is 1. The second kappa shape index (κ2) is 5.10. The molecule has 92 valence electrons. The van der Waals surface area contributed by atoms with Gasteiger partial charge in [-0.2, -0.15) is 0 Å². The zero-order valence-electron chi connectivity index (χ0n) is 10.5. The second-order valence-corrected chi connectivity index (χ2v) is 4.22. The van der Waals surface area contributed by atoms with Gasteiger partial charge in [0, 0.05) is 24.4 Å². The summed E-state index contributed by atoms with van der Waals surface area (Å²) in [6.07, 6.45) is 1.74. The minimum atomic E-state index is 0.686. The Morgan fingerprint density at radius 1 is 1.35 bits per heavy atom. The fraction of sp³-hybridized carbons (Fsp3) is 0.385. The smallest absolute Gasteiger partial charge is 0.200 e. The number of fused-ring (bicyclic) bond motifs is 1. The van der Waals surface area contributed by atoms with Crippen LogP contribution in [0.1, 0.15) is 0 Å². The first-order valence-corrected chi connectivity index (χ1v) is 5.67. The Labute approximate surface area is 101 Å². The number of anilines is 1. The quantitative estimate of drug-likeness (QED) is 0.862. The van der Waals surface area contributed by atoms with Crippen LogP contribution in [0.3, 0.4) is 0 Å². The summed E-state index contributed by atoms with van der Waals surface area (Å²) < 4.78 is 11.1. The lowest BCUT2D eigenvalue weighted by Gasteiger charge is -2.10. The zero-order valence-corrected chi connectivity index (χ0v) is 10.5. The van der Waals surface area contributed by atoms with Gasteiger partial charge in [-0.25, -0.2) is 0 Å². The van der Waals surface area contributed by atoms with Crippen molar-refractivity contribution in [1.82, 2.24) is 4.90 Å². The fourth-order valence-electron chi connectivity index (χ4n) is 1.65. The van der Waals surface area contributed by atoms with E-state index in [2.05, 4.69) is 10.2 Å². The van der Waals surface area contributed by atoms with Crippen molar-refractivity contribution in [2.24, 2.45) is 0 Å². The molecule has 0 aliphatic carbocycles. The third-order valence-corrected chi connectivity index (χ3v) is 2.61. The summed E-state index contributed by atoms with van der Waals surface area (Å²) in [6.45, 7) is 1.59. The van der Waals surface area contributed by atoms with Gasteiger partial charge in [-0.15, -0.1) is 0 Å². The lowest BCUT2D eigenvalue weighted by Crippen LogP contribution is -2.19. The Kier molecular flexibility index (Phi) is 3.54. The predicted octanol–water partition coefficient (Wildman–Crippen LogP) is 2.41. The van der Waals surface area contributed by atoms with Gasteiger partial charge < -0.3 is 19.4 Å². The Hall–Kier alpha value is -1.68. The molecule has 0 unspecified atom stereocenters. The highest BCUT2D eigenvalue weighted by atomic mass is 16.5. The predicted molar refractivity (Wildman–Crippen MR) is 69.8 cm³/mol. The molecular weight excluding hydrogens is 216 g/mol. The van der Waals surface area contributed by atoms with Gasteiger partial charge in [-0.05, 0) is 32.3 Å². The normalized spacial score (nSPS) is 11.1. The number of hydrogen-bond donors (Lipinski definition) is 1. The van der Waals surface area contributed by atoms with Crippen molar-refractivity contribution < 1.29 is 9.15 Å². The molecule has 1 heterocycles. The summed E-state index contributed by atoms with van der Waals surface area (Å²) in [4.78, 5) is 2.09. The first-order valence-electron chi connectivity index (χ1n) is 5.67. The molecule has 2 aromatic rings. The number of nitrogens with one attached hydrogen (secondary N) is 1. The van der Waals surface area contributed by atoms with Crippen LogP contribution < -0.4 is 10.1 Å². The van der Waals surface area contributed by atoms with Crippen molar-refractivity contribution in [3.8, 4) is 5.75 Å². The van der Waals surface area contributed by atoms with Crippen molar-refractivity contribution in [1.29, 1.82) is 0 Å². The Morgan fingerprint density at radius 3 is 2.88 bits per heavy atom. The van der Waals surface area contributed by atoms with Crippen molar-refractivity contribution in [3.63, 3.8) is 0 Å². The van der Waals surface area contributed by atoms with E-state index in [0.29, 0.717) is 6.61 Å². The number of ether oxygens (including phenoxy) is 1. The van der Waals surface area contributed by atoms with Crippen molar-refractivity contribution in [3.05, 3.63) is 24.5 Å². The maximum absolute atomic E-state index is 5.68. The van der Waals surface area contributed by atoms with Crippen LogP contribution in [-0.2, 0) is 0 Å². The van der Waals surface area contributed by atoms with Crippen LogP contribution in [0.5, 0.6) is 5.75 Å². The average molecular weight is 234 g/mol. The third-order valence-electron chi connectivity index (χ3n) is 2.61. The van der Waals surface area contributed by atoms with Crippen LogP contribution in [0.4, 0.5) is 5.88 Å². The number of likely N-dealkylation sites (N-methyl/N-ethyl adjacent to an activating group) is 1. The van der Waals surface area contributed by atoms with Gasteiger partial charge >= 0.3 is 0 Å². The summed E-state index contributed by atoms with van der Waals surface area (Å²) in [5.41, 5.74) is 0. The monoisotopic (exact) mass is 234 g/mol. The maximum atomic E-state index is 5.68. The summed E-state index contributed by atoms with van der Waals surface area (Å²) in [6, 6.07) is 5.97. The summed E-state index contributed by atoms with van der Waals surface area (Å²) >= 11 is 0. The zero-order chi connectivity index (χ0) is 12.3. The largest absolute Gasteiger partial charge is 0.492 e. The topological polar surface area (TPSA) is 37.6 Å². The van der Waals surface area contributed by atoms with Crippen LogP contribution in [0.2, 0.25) is 0 Å². The number of hydrogen-bond acceptors (Lipinski definition) is 4. The van der Waals surface area contributed by atoms with Crippen LogP contribution in [-0.4, -0.2) is 39.2 Å². The van der Waals surface area contributed by atoms with Crippen molar-refractivity contribution >= 4 is 16.7 Å². The molecule has 0 bridgehead atoms. The van der Waals surface area contributed by atoms with E-state index in [1.54, 1.807) is 6.26 Å². The molecule has 17 heavy (non-hydrogen) atoms. The molecule has 0 saturated carbocycles. The van der Waals surface area contributed by atoms with E-state index in [9.17, 15) is 0 Å². The van der Waals surface area contributed by atoms with Crippen LogP contribution in [0.15, 0.2) is 28.9 Å². The highest BCUT2D eigenvalue weighted by Gasteiger charge is 2.05. The molecule has 0 amide bonds. The Morgan fingerprint density at radius 2 is 2.18 bits per heavy atom. The molecule has 4 heteroatoms. The molecule has 1 aromatic carbocycles. The van der Waals surface area contributed by atoms with Gasteiger partial charge in [-0.1, -0.05) is 0 Å². The molecule has 1 N–H and O–H groups in total. The lowest BCUT2D eigenvalue weighted by molar-refractivity contribution is 0.261. The molecule has 0 aliphatic heterocycles. The molecule has 0 spiro atoms. The van der Waals surface area contributed by atoms with E-state index in [-0.39, 0.29) is 0 Å².